The summed E-state index contributed by atoms with van der Waals surface area (Å²) >= 11 is 0. The Kier molecular flexibility index (Phi) is 4.34. The summed E-state index contributed by atoms with van der Waals surface area (Å²) in [5.74, 6) is 0.558. The monoisotopic (exact) mass is 225 g/mol. The van der Waals surface area contributed by atoms with Crippen molar-refractivity contribution in [1.29, 1.82) is 0 Å². The van der Waals surface area contributed by atoms with Crippen molar-refractivity contribution in [3.63, 3.8) is 0 Å². The van der Waals surface area contributed by atoms with Crippen LogP contribution < -0.4 is 4.90 Å². The lowest BCUT2D eigenvalue weighted by Crippen LogP contribution is -2.38. The number of nitrogens with zero attached hydrogens (tertiary/aromatic N) is 3. The summed E-state index contributed by atoms with van der Waals surface area (Å²) in [6.07, 6.45) is 3.65. The van der Waals surface area contributed by atoms with Crippen molar-refractivity contribution in [3.05, 3.63) is 12.4 Å². The third-order valence-corrected chi connectivity index (χ3v) is 2.44. The molecule has 5 heteroatoms. The van der Waals surface area contributed by atoms with Gasteiger partial charge < -0.3 is 14.2 Å². The SMILES string of the molecule is CCn1ccnc1N(CC(=O)OC)C(C)C. The summed E-state index contributed by atoms with van der Waals surface area (Å²) in [5.41, 5.74) is 0. The third-order valence-electron chi connectivity index (χ3n) is 2.44. The van der Waals surface area contributed by atoms with Crippen molar-refractivity contribution < 1.29 is 9.53 Å². The van der Waals surface area contributed by atoms with Crippen molar-refractivity contribution in [3.8, 4) is 0 Å². The fraction of sp³-hybridized carbons (Fsp3) is 0.636. The van der Waals surface area contributed by atoms with Crippen LogP contribution in [0.1, 0.15) is 20.8 Å². The summed E-state index contributed by atoms with van der Waals surface area (Å²) < 4.78 is 6.69. The van der Waals surface area contributed by atoms with Crippen LogP contribution >= 0.6 is 0 Å². The second-order valence-corrected chi connectivity index (χ2v) is 3.81. The Balaban J connectivity index is 2.89. The molecule has 0 aromatic carbocycles. The molecule has 1 aromatic heterocycles. The fourth-order valence-electron chi connectivity index (χ4n) is 1.50. The summed E-state index contributed by atoms with van der Waals surface area (Å²) in [6, 6.07) is 0.201. The molecule has 90 valence electrons. The van der Waals surface area contributed by atoms with E-state index in [1.54, 1.807) is 6.20 Å². The van der Waals surface area contributed by atoms with Gasteiger partial charge in [0.1, 0.15) is 6.54 Å². The van der Waals surface area contributed by atoms with Crippen LogP contribution in [0.3, 0.4) is 0 Å². The van der Waals surface area contributed by atoms with Gasteiger partial charge in [0.25, 0.3) is 0 Å². The third kappa shape index (κ3) is 2.74. The van der Waals surface area contributed by atoms with E-state index < -0.39 is 0 Å². The van der Waals surface area contributed by atoms with Crippen molar-refractivity contribution >= 4 is 11.9 Å². The van der Waals surface area contributed by atoms with Crippen molar-refractivity contribution in [2.45, 2.75) is 33.4 Å². The maximum Gasteiger partial charge on any atom is 0.325 e. The van der Waals surface area contributed by atoms with Gasteiger partial charge in [-0.05, 0) is 20.8 Å². The van der Waals surface area contributed by atoms with Gasteiger partial charge in [-0.3, -0.25) is 4.79 Å². The highest BCUT2D eigenvalue weighted by Crippen LogP contribution is 2.14. The minimum absolute atomic E-state index is 0.201. The van der Waals surface area contributed by atoms with Gasteiger partial charge in [0, 0.05) is 25.0 Å². The van der Waals surface area contributed by atoms with Crippen LogP contribution in [0.25, 0.3) is 0 Å². The number of aromatic nitrogens is 2. The lowest BCUT2D eigenvalue weighted by molar-refractivity contribution is -0.139. The Bertz CT molecular complexity index is 347. The van der Waals surface area contributed by atoms with Crippen molar-refractivity contribution in [2.24, 2.45) is 0 Å². The topological polar surface area (TPSA) is 47.4 Å². The van der Waals surface area contributed by atoms with Gasteiger partial charge in [-0.15, -0.1) is 0 Å². The molecular weight excluding hydrogens is 206 g/mol. The number of hydrogen-bond acceptors (Lipinski definition) is 4. The average Bonchev–Trinajstić information content (AvgIpc) is 2.72. The predicted molar refractivity (Wildman–Crippen MR) is 62.4 cm³/mol. The van der Waals surface area contributed by atoms with E-state index in [1.165, 1.54) is 7.11 Å². The maximum absolute atomic E-state index is 11.3. The first-order valence-corrected chi connectivity index (χ1v) is 5.44. The number of carbonyl (C=O) groups excluding carboxylic acids is 1. The number of rotatable bonds is 5. The maximum atomic E-state index is 11.3. The Labute approximate surface area is 96.0 Å². The first-order valence-electron chi connectivity index (χ1n) is 5.44. The first-order chi connectivity index (χ1) is 7.60. The smallest absolute Gasteiger partial charge is 0.325 e. The molecule has 0 spiro atoms. The molecule has 16 heavy (non-hydrogen) atoms. The Morgan fingerprint density at radius 3 is 2.81 bits per heavy atom. The number of esters is 1. The molecule has 1 aromatic rings. The minimum Gasteiger partial charge on any atom is -0.468 e. The molecule has 1 heterocycles. The van der Waals surface area contributed by atoms with Crippen molar-refractivity contribution in [2.75, 3.05) is 18.6 Å². The van der Waals surface area contributed by atoms with Gasteiger partial charge in [-0.1, -0.05) is 0 Å². The lowest BCUT2D eigenvalue weighted by atomic mass is 10.3. The lowest BCUT2D eigenvalue weighted by Gasteiger charge is -2.26. The van der Waals surface area contributed by atoms with E-state index in [1.807, 2.05) is 36.4 Å². The molecule has 0 aliphatic carbocycles. The number of methoxy groups -OCH3 is 1. The molecule has 0 fully saturated rings. The highest BCUT2D eigenvalue weighted by atomic mass is 16.5. The molecule has 1 rings (SSSR count). The van der Waals surface area contributed by atoms with Gasteiger partial charge in [0.05, 0.1) is 7.11 Å². The van der Waals surface area contributed by atoms with Crippen LogP contribution in [-0.2, 0) is 16.1 Å². The van der Waals surface area contributed by atoms with Gasteiger partial charge in [0.2, 0.25) is 5.95 Å². The average molecular weight is 225 g/mol. The summed E-state index contributed by atoms with van der Waals surface area (Å²) in [4.78, 5) is 17.5. The van der Waals surface area contributed by atoms with E-state index >= 15 is 0 Å². The fourth-order valence-corrected chi connectivity index (χ4v) is 1.50. The molecule has 0 aliphatic rings. The van der Waals surface area contributed by atoms with E-state index in [0.29, 0.717) is 0 Å². The zero-order chi connectivity index (χ0) is 12.1. The number of anilines is 1. The molecule has 0 bridgehead atoms. The highest BCUT2D eigenvalue weighted by molar-refractivity contribution is 5.75. The summed E-state index contributed by atoms with van der Waals surface area (Å²) in [7, 11) is 1.40. The quantitative estimate of drug-likeness (QED) is 0.708. The number of ether oxygens (including phenoxy) is 1. The van der Waals surface area contributed by atoms with Crippen LogP contribution in [0.5, 0.6) is 0 Å². The van der Waals surface area contributed by atoms with Gasteiger partial charge >= 0.3 is 5.97 Å². The van der Waals surface area contributed by atoms with Crippen LogP contribution in [0.15, 0.2) is 12.4 Å². The van der Waals surface area contributed by atoms with Crippen LogP contribution in [0, 0.1) is 0 Å². The summed E-state index contributed by atoms with van der Waals surface area (Å²) in [6.45, 7) is 7.15. The van der Waals surface area contributed by atoms with Gasteiger partial charge in [-0.25, -0.2) is 4.98 Å². The van der Waals surface area contributed by atoms with E-state index in [9.17, 15) is 4.79 Å². The van der Waals surface area contributed by atoms with Gasteiger partial charge in [0.15, 0.2) is 0 Å². The van der Waals surface area contributed by atoms with Crippen LogP contribution in [-0.4, -0.2) is 35.2 Å². The number of hydrogen-bond donors (Lipinski definition) is 0. The molecule has 0 atom stereocenters. The van der Waals surface area contributed by atoms with E-state index in [0.717, 1.165) is 12.5 Å². The number of imidazole rings is 1. The highest BCUT2D eigenvalue weighted by Gasteiger charge is 2.18. The predicted octanol–water partition coefficient (Wildman–Crippen LogP) is 1.29. The summed E-state index contributed by atoms with van der Waals surface area (Å²) in [5, 5.41) is 0. The molecule has 0 amide bonds. The minimum atomic E-state index is -0.251. The van der Waals surface area contributed by atoms with Crippen LogP contribution in [0.4, 0.5) is 5.95 Å². The second-order valence-electron chi connectivity index (χ2n) is 3.81. The van der Waals surface area contributed by atoms with Crippen molar-refractivity contribution in [1.82, 2.24) is 9.55 Å². The largest absolute Gasteiger partial charge is 0.468 e. The Morgan fingerprint density at radius 1 is 1.62 bits per heavy atom. The first kappa shape index (κ1) is 12.5. The molecule has 0 saturated heterocycles. The van der Waals surface area contributed by atoms with Gasteiger partial charge in [-0.2, -0.15) is 0 Å². The number of carbonyl (C=O) groups is 1. The van der Waals surface area contributed by atoms with Crippen LogP contribution in [0.2, 0.25) is 0 Å². The molecule has 0 N–H and O–H groups in total. The van der Waals surface area contributed by atoms with E-state index in [-0.39, 0.29) is 18.6 Å². The number of aryl methyl sites for hydroxylation is 1. The normalized spacial score (nSPS) is 10.6. The molecule has 0 unspecified atom stereocenters. The second kappa shape index (κ2) is 5.53. The molecule has 0 aliphatic heterocycles. The molecular formula is C11H19N3O2. The molecule has 0 radical (unpaired) electrons. The Hall–Kier alpha value is -1.52. The van der Waals surface area contributed by atoms with E-state index in [2.05, 4.69) is 9.72 Å². The molecule has 5 nitrogen and oxygen atoms in total. The van der Waals surface area contributed by atoms with E-state index in [4.69, 9.17) is 0 Å². The zero-order valence-corrected chi connectivity index (χ0v) is 10.3. The molecule has 0 saturated carbocycles. The standard InChI is InChI=1S/C11H19N3O2/c1-5-13-7-6-12-11(13)14(9(2)3)8-10(15)16-4/h6-7,9H,5,8H2,1-4H3. The Morgan fingerprint density at radius 2 is 2.31 bits per heavy atom. The zero-order valence-electron chi connectivity index (χ0n) is 10.3.